The van der Waals surface area contributed by atoms with E-state index < -0.39 is 0 Å². The molecule has 0 aliphatic heterocycles. The van der Waals surface area contributed by atoms with Crippen LogP contribution < -0.4 is 5.32 Å². The lowest BCUT2D eigenvalue weighted by Gasteiger charge is -2.06. The van der Waals surface area contributed by atoms with Gasteiger partial charge in [0, 0.05) is 16.8 Å². The Kier molecular flexibility index (Phi) is 3.39. The number of carbonyl (C=O) groups excluding carboxylic acids is 1. The highest BCUT2D eigenvalue weighted by Gasteiger charge is 2.05. The minimum atomic E-state index is -0.143. The summed E-state index contributed by atoms with van der Waals surface area (Å²) >= 11 is 1.71. The first-order valence-corrected chi connectivity index (χ1v) is 7.14. The van der Waals surface area contributed by atoms with E-state index in [9.17, 15) is 9.90 Å². The molecule has 0 saturated carbocycles. The lowest BCUT2D eigenvalue weighted by atomic mass is 10.1. The number of thiophene rings is 1. The molecule has 1 heterocycles. The summed E-state index contributed by atoms with van der Waals surface area (Å²) in [5, 5.41) is 15.3. The van der Waals surface area contributed by atoms with Crippen molar-refractivity contribution in [3.63, 3.8) is 0 Å². The van der Waals surface area contributed by atoms with E-state index in [1.54, 1.807) is 23.5 Å². The molecule has 0 saturated heterocycles. The minimum absolute atomic E-state index is 0.143. The van der Waals surface area contributed by atoms with Crippen molar-refractivity contribution in [3.05, 3.63) is 65.0 Å². The van der Waals surface area contributed by atoms with Gasteiger partial charge in [-0.3, -0.25) is 4.79 Å². The zero-order chi connectivity index (χ0) is 13.9. The van der Waals surface area contributed by atoms with Gasteiger partial charge < -0.3 is 10.4 Å². The number of carbonyl (C=O) groups is 1. The molecule has 1 amide bonds. The number of amides is 1. The van der Waals surface area contributed by atoms with E-state index in [1.807, 2.05) is 6.07 Å². The summed E-state index contributed by atoms with van der Waals surface area (Å²) in [7, 11) is 0. The van der Waals surface area contributed by atoms with Crippen molar-refractivity contribution in [1.29, 1.82) is 0 Å². The summed E-state index contributed by atoms with van der Waals surface area (Å²) in [6.45, 7) is 0.492. The number of aromatic hydroxyl groups is 1. The van der Waals surface area contributed by atoms with Crippen molar-refractivity contribution in [2.45, 2.75) is 6.54 Å². The summed E-state index contributed by atoms with van der Waals surface area (Å²) in [5.74, 6) is 0.0138. The topological polar surface area (TPSA) is 49.3 Å². The Bertz CT molecular complexity index is 747. The molecule has 1 aromatic heterocycles. The molecule has 2 N–H and O–H groups in total. The van der Waals surface area contributed by atoms with Crippen LogP contribution in [-0.4, -0.2) is 11.0 Å². The monoisotopic (exact) mass is 283 g/mol. The molecule has 4 heteroatoms. The maximum atomic E-state index is 12.0. The number of nitrogens with one attached hydrogen (secondary N) is 1. The van der Waals surface area contributed by atoms with Crippen LogP contribution in [0.1, 0.15) is 15.9 Å². The molecule has 100 valence electrons. The van der Waals surface area contributed by atoms with E-state index in [4.69, 9.17) is 0 Å². The van der Waals surface area contributed by atoms with Gasteiger partial charge in [-0.15, -0.1) is 11.3 Å². The van der Waals surface area contributed by atoms with Crippen LogP contribution in [0.25, 0.3) is 10.1 Å². The van der Waals surface area contributed by atoms with Gasteiger partial charge in [0.05, 0.1) is 0 Å². The van der Waals surface area contributed by atoms with Crippen LogP contribution in [-0.2, 0) is 6.54 Å². The van der Waals surface area contributed by atoms with Crippen molar-refractivity contribution in [2.24, 2.45) is 0 Å². The molecular formula is C16H13NO2S. The van der Waals surface area contributed by atoms with Crippen LogP contribution in [0.15, 0.2) is 53.9 Å². The highest BCUT2D eigenvalue weighted by Crippen LogP contribution is 2.21. The number of phenols is 1. The van der Waals surface area contributed by atoms with Crippen LogP contribution in [0, 0.1) is 0 Å². The highest BCUT2D eigenvalue weighted by atomic mass is 32.1. The quantitative estimate of drug-likeness (QED) is 0.772. The predicted molar refractivity (Wildman–Crippen MR) is 81.1 cm³/mol. The third kappa shape index (κ3) is 2.65. The molecule has 0 atom stereocenters. The van der Waals surface area contributed by atoms with Gasteiger partial charge >= 0.3 is 0 Å². The SMILES string of the molecule is O=C(NCc1ccc2sccc2c1)c1ccc(O)cc1. The van der Waals surface area contributed by atoms with Crippen LogP contribution in [0.5, 0.6) is 5.75 Å². The third-order valence-corrected chi connectivity index (χ3v) is 4.00. The average molecular weight is 283 g/mol. The second-order valence-electron chi connectivity index (χ2n) is 4.52. The normalized spacial score (nSPS) is 10.6. The Morgan fingerprint density at radius 2 is 1.90 bits per heavy atom. The van der Waals surface area contributed by atoms with Gasteiger partial charge in [-0.2, -0.15) is 0 Å². The number of hydrogen-bond acceptors (Lipinski definition) is 3. The molecule has 0 radical (unpaired) electrons. The van der Waals surface area contributed by atoms with Crippen LogP contribution in [0.3, 0.4) is 0 Å². The van der Waals surface area contributed by atoms with Crippen LogP contribution in [0.2, 0.25) is 0 Å². The molecule has 3 aromatic rings. The molecule has 0 aliphatic rings. The first-order valence-electron chi connectivity index (χ1n) is 6.26. The van der Waals surface area contributed by atoms with Crippen molar-refractivity contribution >= 4 is 27.3 Å². The highest BCUT2D eigenvalue weighted by molar-refractivity contribution is 7.17. The largest absolute Gasteiger partial charge is 0.508 e. The second-order valence-corrected chi connectivity index (χ2v) is 5.47. The lowest BCUT2D eigenvalue weighted by Crippen LogP contribution is -2.22. The van der Waals surface area contributed by atoms with E-state index >= 15 is 0 Å². The third-order valence-electron chi connectivity index (χ3n) is 3.10. The van der Waals surface area contributed by atoms with Crippen molar-refractivity contribution < 1.29 is 9.90 Å². The van der Waals surface area contributed by atoms with E-state index in [0.29, 0.717) is 12.1 Å². The number of hydrogen-bond donors (Lipinski definition) is 2. The number of phenolic OH excluding ortho intramolecular Hbond substituents is 1. The zero-order valence-electron chi connectivity index (χ0n) is 10.7. The van der Waals surface area contributed by atoms with Crippen molar-refractivity contribution in [1.82, 2.24) is 5.32 Å². The molecule has 0 fully saturated rings. The van der Waals surface area contributed by atoms with E-state index in [2.05, 4.69) is 28.9 Å². The minimum Gasteiger partial charge on any atom is -0.508 e. The van der Waals surface area contributed by atoms with E-state index in [-0.39, 0.29) is 11.7 Å². The molecule has 0 bridgehead atoms. The summed E-state index contributed by atoms with van der Waals surface area (Å²) in [5.41, 5.74) is 1.61. The molecule has 0 unspecified atom stereocenters. The molecule has 0 aliphatic carbocycles. The standard InChI is InChI=1S/C16H13NO2S/c18-14-4-2-12(3-5-14)16(19)17-10-11-1-6-15-13(9-11)7-8-20-15/h1-9,18H,10H2,(H,17,19). The molecular weight excluding hydrogens is 270 g/mol. The lowest BCUT2D eigenvalue weighted by molar-refractivity contribution is 0.0951. The Labute approximate surface area is 120 Å². The first kappa shape index (κ1) is 12.7. The van der Waals surface area contributed by atoms with Gasteiger partial charge in [0.2, 0.25) is 0 Å². The molecule has 0 spiro atoms. The van der Waals surface area contributed by atoms with Gasteiger partial charge in [0.15, 0.2) is 0 Å². The van der Waals surface area contributed by atoms with Crippen molar-refractivity contribution in [2.75, 3.05) is 0 Å². The summed E-state index contributed by atoms with van der Waals surface area (Å²) in [4.78, 5) is 12.0. The van der Waals surface area contributed by atoms with Crippen LogP contribution >= 0.6 is 11.3 Å². The zero-order valence-corrected chi connectivity index (χ0v) is 11.5. The Morgan fingerprint density at radius 3 is 2.70 bits per heavy atom. The first-order chi connectivity index (χ1) is 9.72. The number of benzene rings is 2. The molecule has 20 heavy (non-hydrogen) atoms. The summed E-state index contributed by atoms with van der Waals surface area (Å²) in [6, 6.07) is 14.5. The molecule has 3 nitrogen and oxygen atoms in total. The van der Waals surface area contributed by atoms with Gasteiger partial charge in [-0.25, -0.2) is 0 Å². The number of fused-ring (bicyclic) bond motifs is 1. The Hall–Kier alpha value is -2.33. The maximum absolute atomic E-state index is 12.0. The van der Waals surface area contributed by atoms with E-state index in [1.165, 1.54) is 22.2 Å². The number of rotatable bonds is 3. The fourth-order valence-electron chi connectivity index (χ4n) is 2.02. The molecule has 2 aromatic carbocycles. The van der Waals surface area contributed by atoms with Gasteiger partial charge in [-0.05, 0) is 58.8 Å². The maximum Gasteiger partial charge on any atom is 0.251 e. The van der Waals surface area contributed by atoms with Gasteiger partial charge in [-0.1, -0.05) is 6.07 Å². The fourth-order valence-corrected chi connectivity index (χ4v) is 2.79. The molecule has 3 rings (SSSR count). The second kappa shape index (κ2) is 5.35. The Balaban J connectivity index is 1.69. The van der Waals surface area contributed by atoms with Crippen LogP contribution in [0.4, 0.5) is 0 Å². The average Bonchev–Trinajstić information content (AvgIpc) is 2.93. The summed E-state index contributed by atoms with van der Waals surface area (Å²) < 4.78 is 1.25. The smallest absolute Gasteiger partial charge is 0.251 e. The van der Waals surface area contributed by atoms with E-state index in [0.717, 1.165) is 5.56 Å². The Morgan fingerprint density at radius 1 is 1.10 bits per heavy atom. The van der Waals surface area contributed by atoms with Crippen molar-refractivity contribution in [3.8, 4) is 5.75 Å². The summed E-state index contributed by atoms with van der Waals surface area (Å²) in [6.07, 6.45) is 0. The van der Waals surface area contributed by atoms with Gasteiger partial charge in [0.25, 0.3) is 5.91 Å². The van der Waals surface area contributed by atoms with Gasteiger partial charge in [0.1, 0.15) is 5.75 Å². The predicted octanol–water partition coefficient (Wildman–Crippen LogP) is 3.54. The fraction of sp³-hybridized carbons (Fsp3) is 0.0625.